The highest BCUT2D eigenvalue weighted by Crippen LogP contribution is 2.33. The third-order valence-electron chi connectivity index (χ3n) is 5.65. The Labute approximate surface area is 190 Å². The molecule has 0 saturated heterocycles. The molecule has 1 fully saturated rings. The van der Waals surface area contributed by atoms with Crippen molar-refractivity contribution in [2.24, 2.45) is 0 Å². The van der Waals surface area contributed by atoms with Crippen LogP contribution in [0.25, 0.3) is 17.1 Å². The molecule has 3 aromatic rings. The van der Waals surface area contributed by atoms with Crippen molar-refractivity contribution >= 4 is 29.1 Å². The predicted molar refractivity (Wildman–Crippen MR) is 121 cm³/mol. The molecule has 6 nitrogen and oxygen atoms in total. The zero-order chi connectivity index (χ0) is 22.1. The summed E-state index contributed by atoms with van der Waals surface area (Å²) in [6.45, 7) is 1.80. The molecule has 31 heavy (non-hydrogen) atoms. The van der Waals surface area contributed by atoms with E-state index in [1.807, 2.05) is 4.57 Å². The molecule has 162 valence electrons. The predicted octanol–water partition coefficient (Wildman–Crippen LogP) is 4.89. The van der Waals surface area contributed by atoms with E-state index in [0.717, 1.165) is 24.9 Å². The van der Waals surface area contributed by atoms with Crippen molar-refractivity contribution in [3.8, 4) is 22.8 Å². The molecule has 3 N–H and O–H groups in total. The molecular weight excluding hydrogens is 437 g/mol. The van der Waals surface area contributed by atoms with Crippen LogP contribution in [0.3, 0.4) is 0 Å². The zero-order valence-corrected chi connectivity index (χ0v) is 18.5. The van der Waals surface area contributed by atoms with Crippen molar-refractivity contribution in [2.45, 2.75) is 44.8 Å². The van der Waals surface area contributed by atoms with E-state index in [4.69, 9.17) is 23.2 Å². The molecule has 0 spiro atoms. The van der Waals surface area contributed by atoms with E-state index in [9.17, 15) is 15.0 Å². The largest absolute Gasteiger partial charge is 0.508 e. The number of nitrogens with one attached hydrogen (secondary N) is 1. The molecule has 1 aromatic heterocycles. The third kappa shape index (κ3) is 4.42. The van der Waals surface area contributed by atoms with E-state index in [0.29, 0.717) is 33.5 Å². The normalized spacial score (nSPS) is 18.7. The molecule has 2 aromatic carbocycles. The minimum absolute atomic E-state index is 0.136. The van der Waals surface area contributed by atoms with Gasteiger partial charge in [0.15, 0.2) is 0 Å². The fourth-order valence-electron chi connectivity index (χ4n) is 4.00. The standard InChI is InChI=1S/C23H23Cl2N3O3/c1-13-21(23(31)26-19-4-2-3-5-20(19)30)27-22(17-11-6-14(24)12-18(17)25)28(13)15-7-9-16(29)10-8-15/h6-12,19-20,29-30H,2-5H2,1H3,(H,26,31)/t19-,20-/m0/s1. The quantitative estimate of drug-likeness (QED) is 0.517. The lowest BCUT2D eigenvalue weighted by atomic mass is 9.92. The number of nitrogens with zero attached hydrogens (tertiary/aromatic N) is 2. The number of aliphatic hydroxyl groups is 1. The van der Waals surface area contributed by atoms with E-state index < -0.39 is 6.10 Å². The van der Waals surface area contributed by atoms with Crippen molar-refractivity contribution in [3.63, 3.8) is 0 Å². The first kappa shape index (κ1) is 21.7. The number of carbonyl (C=O) groups is 1. The monoisotopic (exact) mass is 459 g/mol. The maximum atomic E-state index is 13.1. The van der Waals surface area contributed by atoms with Gasteiger partial charge in [-0.25, -0.2) is 4.98 Å². The first-order valence-electron chi connectivity index (χ1n) is 10.2. The average molecular weight is 460 g/mol. The van der Waals surface area contributed by atoms with Gasteiger partial charge in [0.2, 0.25) is 0 Å². The number of carbonyl (C=O) groups excluding carboxylic acids is 1. The number of phenolic OH excluding ortho intramolecular Hbond substituents is 1. The van der Waals surface area contributed by atoms with Gasteiger partial charge < -0.3 is 15.5 Å². The average Bonchev–Trinajstić information content (AvgIpc) is 3.07. The maximum absolute atomic E-state index is 13.1. The van der Waals surface area contributed by atoms with E-state index in [1.165, 1.54) is 0 Å². The first-order chi connectivity index (χ1) is 14.8. The summed E-state index contributed by atoms with van der Waals surface area (Å²) in [7, 11) is 0. The van der Waals surface area contributed by atoms with Gasteiger partial charge in [-0.05, 0) is 62.2 Å². The van der Waals surface area contributed by atoms with Crippen molar-refractivity contribution in [1.29, 1.82) is 0 Å². The van der Waals surface area contributed by atoms with E-state index >= 15 is 0 Å². The Hall–Kier alpha value is -2.54. The second-order valence-electron chi connectivity index (χ2n) is 7.78. The molecule has 1 saturated carbocycles. The fourth-order valence-corrected chi connectivity index (χ4v) is 4.50. The molecular formula is C23H23Cl2N3O3. The van der Waals surface area contributed by atoms with Crippen LogP contribution >= 0.6 is 23.2 Å². The molecule has 0 radical (unpaired) electrons. The Morgan fingerprint density at radius 2 is 1.84 bits per heavy atom. The number of hydrogen-bond donors (Lipinski definition) is 3. The van der Waals surface area contributed by atoms with E-state index in [-0.39, 0.29) is 23.4 Å². The minimum Gasteiger partial charge on any atom is -0.508 e. The fraction of sp³-hybridized carbons (Fsp3) is 0.304. The number of benzene rings is 2. The van der Waals surface area contributed by atoms with Gasteiger partial charge in [0.1, 0.15) is 17.3 Å². The van der Waals surface area contributed by atoms with Crippen LogP contribution in [0.1, 0.15) is 41.9 Å². The summed E-state index contributed by atoms with van der Waals surface area (Å²) >= 11 is 12.5. The van der Waals surface area contributed by atoms with Gasteiger partial charge in [0.05, 0.1) is 22.9 Å². The summed E-state index contributed by atoms with van der Waals surface area (Å²) in [5.74, 6) is 0.281. The first-order valence-corrected chi connectivity index (χ1v) is 10.9. The maximum Gasteiger partial charge on any atom is 0.272 e. The number of amides is 1. The molecule has 1 heterocycles. The van der Waals surface area contributed by atoms with Gasteiger partial charge in [-0.1, -0.05) is 36.0 Å². The molecule has 1 aliphatic rings. The summed E-state index contributed by atoms with van der Waals surface area (Å²) < 4.78 is 1.82. The zero-order valence-electron chi connectivity index (χ0n) is 17.0. The number of aromatic nitrogens is 2. The van der Waals surface area contributed by atoms with Crippen molar-refractivity contribution in [2.75, 3.05) is 0 Å². The highest BCUT2D eigenvalue weighted by atomic mass is 35.5. The number of halogens is 2. The van der Waals surface area contributed by atoms with Crippen LogP contribution in [0.4, 0.5) is 0 Å². The van der Waals surface area contributed by atoms with Gasteiger partial charge >= 0.3 is 0 Å². The van der Waals surface area contributed by atoms with Crippen LogP contribution < -0.4 is 5.32 Å². The van der Waals surface area contributed by atoms with Crippen LogP contribution in [-0.2, 0) is 0 Å². The summed E-state index contributed by atoms with van der Waals surface area (Å²) in [5, 5.41) is 23.8. The lowest BCUT2D eigenvalue weighted by Gasteiger charge is -2.28. The molecule has 0 bridgehead atoms. The van der Waals surface area contributed by atoms with Crippen molar-refractivity contribution in [3.05, 3.63) is 63.9 Å². The Morgan fingerprint density at radius 3 is 2.52 bits per heavy atom. The van der Waals surface area contributed by atoms with Crippen molar-refractivity contribution in [1.82, 2.24) is 14.9 Å². The Morgan fingerprint density at radius 1 is 1.13 bits per heavy atom. The molecule has 2 atom stereocenters. The van der Waals surface area contributed by atoms with E-state index in [1.54, 1.807) is 49.4 Å². The van der Waals surface area contributed by atoms with Crippen LogP contribution in [0, 0.1) is 6.92 Å². The van der Waals surface area contributed by atoms with Gasteiger partial charge in [0.25, 0.3) is 5.91 Å². The van der Waals surface area contributed by atoms with Crippen LogP contribution in [0.15, 0.2) is 42.5 Å². The molecule has 1 aliphatic carbocycles. The molecule has 0 unspecified atom stereocenters. The van der Waals surface area contributed by atoms with Crippen molar-refractivity contribution < 1.29 is 15.0 Å². The van der Waals surface area contributed by atoms with Gasteiger partial charge in [-0.15, -0.1) is 0 Å². The topological polar surface area (TPSA) is 87.4 Å². The Bertz CT molecular complexity index is 1110. The van der Waals surface area contributed by atoms with E-state index in [2.05, 4.69) is 10.3 Å². The molecule has 1 amide bonds. The Balaban J connectivity index is 1.80. The SMILES string of the molecule is Cc1c(C(=O)N[C@H]2CCCC[C@@H]2O)nc(-c2ccc(Cl)cc2Cl)n1-c1ccc(O)cc1. The number of aromatic hydroxyl groups is 1. The molecule has 0 aliphatic heterocycles. The summed E-state index contributed by atoms with van der Waals surface area (Å²) in [6.07, 6.45) is 2.79. The Kier molecular flexibility index (Phi) is 6.23. The van der Waals surface area contributed by atoms with Gasteiger partial charge in [-0.2, -0.15) is 0 Å². The highest BCUT2D eigenvalue weighted by Gasteiger charge is 2.28. The number of hydrogen-bond acceptors (Lipinski definition) is 4. The van der Waals surface area contributed by atoms with Crippen LogP contribution in [0.2, 0.25) is 10.0 Å². The lowest BCUT2D eigenvalue weighted by molar-refractivity contribution is 0.0713. The second-order valence-corrected chi connectivity index (χ2v) is 8.62. The minimum atomic E-state index is -0.553. The number of rotatable bonds is 4. The number of aliphatic hydroxyl groups excluding tert-OH is 1. The summed E-state index contributed by atoms with van der Waals surface area (Å²) in [6, 6.07) is 11.4. The molecule has 4 rings (SSSR count). The number of imidazole rings is 1. The third-order valence-corrected chi connectivity index (χ3v) is 6.20. The van der Waals surface area contributed by atoms with Gasteiger partial charge in [0, 0.05) is 16.3 Å². The van der Waals surface area contributed by atoms with Crippen LogP contribution in [0.5, 0.6) is 5.75 Å². The number of phenols is 1. The molecule has 8 heteroatoms. The second kappa shape index (κ2) is 8.91. The van der Waals surface area contributed by atoms with Crippen LogP contribution in [-0.4, -0.2) is 37.8 Å². The smallest absolute Gasteiger partial charge is 0.272 e. The lowest BCUT2D eigenvalue weighted by Crippen LogP contribution is -2.45. The highest BCUT2D eigenvalue weighted by molar-refractivity contribution is 6.36. The van der Waals surface area contributed by atoms with Gasteiger partial charge in [-0.3, -0.25) is 9.36 Å². The summed E-state index contributed by atoms with van der Waals surface area (Å²) in [5.41, 5.74) is 2.22. The summed E-state index contributed by atoms with van der Waals surface area (Å²) in [4.78, 5) is 17.7.